The Bertz CT molecular complexity index is 951. The van der Waals surface area contributed by atoms with Crippen molar-refractivity contribution in [1.82, 2.24) is 0 Å². The van der Waals surface area contributed by atoms with Crippen LogP contribution in [0.1, 0.15) is 31.2 Å². The smallest absolute Gasteiger partial charge is 0.185 e. The molecule has 164 valence electrons. The number of aliphatic imine (C=N–C) groups is 2. The number of para-hydroxylation sites is 1. The monoisotopic (exact) mass is 438 g/mol. The van der Waals surface area contributed by atoms with Crippen LogP contribution >= 0.6 is 11.8 Å². The molecule has 1 aliphatic heterocycles. The van der Waals surface area contributed by atoms with Gasteiger partial charge in [-0.05, 0) is 48.9 Å². The summed E-state index contributed by atoms with van der Waals surface area (Å²) in [7, 11) is 2.11. The van der Waals surface area contributed by atoms with Gasteiger partial charge in [0.2, 0.25) is 0 Å². The van der Waals surface area contributed by atoms with E-state index in [4.69, 9.17) is 11.5 Å². The lowest BCUT2D eigenvalue weighted by atomic mass is 10.2. The van der Waals surface area contributed by atoms with Gasteiger partial charge in [-0.15, -0.1) is 0 Å². The second kappa shape index (κ2) is 11.4. The van der Waals surface area contributed by atoms with E-state index in [9.17, 15) is 5.11 Å². The average Bonchev–Trinajstić information content (AvgIpc) is 3.07. The molecule has 0 unspecified atom stereocenters. The van der Waals surface area contributed by atoms with Crippen molar-refractivity contribution < 1.29 is 9.67 Å². The van der Waals surface area contributed by atoms with E-state index in [1.165, 1.54) is 21.2 Å². The van der Waals surface area contributed by atoms with Crippen LogP contribution in [0, 0.1) is 0 Å². The molecule has 4 N–H and O–H groups in total. The largest absolute Gasteiger partial charge is 0.862 e. The first-order valence-electron chi connectivity index (χ1n) is 10.5. The summed E-state index contributed by atoms with van der Waals surface area (Å²) >= 11 is 1.80. The number of hydrogen-bond acceptors (Lipinski definition) is 5. The summed E-state index contributed by atoms with van der Waals surface area (Å²) in [6.45, 7) is 1.64. The van der Waals surface area contributed by atoms with Crippen LogP contribution in [-0.2, 0) is 6.54 Å². The first-order valence-corrected chi connectivity index (χ1v) is 11.3. The molecule has 0 atom stereocenters. The van der Waals surface area contributed by atoms with Crippen molar-refractivity contribution in [2.75, 3.05) is 25.0 Å². The Morgan fingerprint density at radius 3 is 2.55 bits per heavy atom. The molecule has 0 fully saturated rings. The van der Waals surface area contributed by atoms with Crippen molar-refractivity contribution in [2.45, 2.75) is 37.1 Å². The Kier molecular flexibility index (Phi) is 8.35. The molecule has 1 aliphatic rings. The molecule has 1 aromatic heterocycles. The fourth-order valence-corrected chi connectivity index (χ4v) is 4.40. The number of aryl methyl sites for hydroxylation is 1. The number of benzene rings is 1. The second-order valence-electron chi connectivity index (χ2n) is 7.37. The van der Waals surface area contributed by atoms with Crippen molar-refractivity contribution in [3.05, 3.63) is 59.4 Å². The second-order valence-corrected chi connectivity index (χ2v) is 8.44. The van der Waals surface area contributed by atoms with Crippen molar-refractivity contribution in [1.29, 1.82) is 0 Å². The predicted octanol–water partition coefficient (Wildman–Crippen LogP) is 2.11. The van der Waals surface area contributed by atoms with Gasteiger partial charge in [0, 0.05) is 30.5 Å². The summed E-state index contributed by atoms with van der Waals surface area (Å²) in [6, 6.07) is 12.7. The maximum absolute atomic E-state index is 11.7. The molecule has 3 rings (SSSR count). The zero-order chi connectivity index (χ0) is 22.1. The standard InChI is InChI=1S/C23H30N6OS/c1-28-19-7-4-5-8-20(19)31-22(28)17-18-10-15-29(16-11-18)14-6-2-3-9-21(30)26-12-13-27-23(24)25/h4-5,7-8,10-11,15-17H,2-3,6,9,12-14H2,1H3,(H4-,24,25,26,27,30). The SMILES string of the molecule is CN1/C(=C/c2cc[n+](CCCCCC([O-])=NCCN=C(N)N)cc2)Sc2ccccc21. The highest BCUT2D eigenvalue weighted by Crippen LogP contribution is 2.45. The lowest BCUT2D eigenvalue weighted by molar-refractivity contribution is -0.697. The van der Waals surface area contributed by atoms with E-state index >= 15 is 0 Å². The number of unbranched alkanes of at least 4 members (excludes halogenated alkanes) is 2. The first kappa shape index (κ1) is 22.7. The van der Waals surface area contributed by atoms with E-state index in [0.717, 1.165) is 25.8 Å². The van der Waals surface area contributed by atoms with Crippen LogP contribution in [0.2, 0.25) is 0 Å². The minimum atomic E-state index is -0.0762. The van der Waals surface area contributed by atoms with E-state index < -0.39 is 0 Å². The first-order chi connectivity index (χ1) is 15.0. The number of aromatic nitrogens is 1. The summed E-state index contributed by atoms with van der Waals surface area (Å²) < 4.78 is 2.18. The van der Waals surface area contributed by atoms with E-state index in [1.54, 1.807) is 11.8 Å². The zero-order valence-corrected chi connectivity index (χ0v) is 18.7. The number of thioether (sulfide) groups is 1. The maximum atomic E-state index is 11.7. The molecule has 0 aliphatic carbocycles. The molecular formula is C23H30N6OS. The lowest BCUT2D eigenvalue weighted by Crippen LogP contribution is -2.32. The van der Waals surface area contributed by atoms with Gasteiger partial charge in [0.15, 0.2) is 18.4 Å². The highest BCUT2D eigenvalue weighted by atomic mass is 32.2. The fraction of sp³-hybridized carbons (Fsp3) is 0.348. The number of rotatable bonds is 10. The third kappa shape index (κ3) is 7.03. The topological polar surface area (TPSA) is 107 Å². The van der Waals surface area contributed by atoms with Crippen LogP contribution in [0.15, 0.2) is 68.7 Å². The average molecular weight is 439 g/mol. The number of pyridine rings is 1. The summed E-state index contributed by atoms with van der Waals surface area (Å²) in [5.74, 6) is -0.0482. The van der Waals surface area contributed by atoms with Gasteiger partial charge in [-0.1, -0.05) is 23.9 Å². The number of fused-ring (bicyclic) bond motifs is 1. The normalized spacial score (nSPS) is 14.7. The third-order valence-corrected chi connectivity index (χ3v) is 6.13. The van der Waals surface area contributed by atoms with Crippen molar-refractivity contribution in [3.8, 4) is 0 Å². The molecule has 0 spiro atoms. The van der Waals surface area contributed by atoms with Crippen LogP contribution in [0.3, 0.4) is 0 Å². The number of anilines is 1. The minimum absolute atomic E-state index is 0.0279. The van der Waals surface area contributed by atoms with Gasteiger partial charge in [0.05, 0.1) is 23.8 Å². The molecule has 0 saturated carbocycles. The Morgan fingerprint density at radius 2 is 1.81 bits per heavy atom. The van der Waals surface area contributed by atoms with E-state index in [-0.39, 0.29) is 11.9 Å². The molecule has 2 aromatic rings. The molecular weight excluding hydrogens is 408 g/mol. The molecule has 0 amide bonds. The highest BCUT2D eigenvalue weighted by molar-refractivity contribution is 8.03. The molecule has 0 radical (unpaired) electrons. The number of guanidine groups is 1. The Labute approximate surface area is 188 Å². The summed E-state index contributed by atoms with van der Waals surface area (Å²) in [6.07, 6.45) is 9.80. The van der Waals surface area contributed by atoms with Gasteiger partial charge in [-0.25, -0.2) is 4.57 Å². The van der Waals surface area contributed by atoms with Gasteiger partial charge < -0.3 is 26.5 Å². The van der Waals surface area contributed by atoms with Crippen LogP contribution in [0.25, 0.3) is 6.08 Å². The van der Waals surface area contributed by atoms with Gasteiger partial charge in [-0.3, -0.25) is 4.99 Å². The minimum Gasteiger partial charge on any atom is -0.862 e. The zero-order valence-electron chi connectivity index (χ0n) is 17.9. The van der Waals surface area contributed by atoms with Crippen LogP contribution < -0.4 is 26.0 Å². The third-order valence-electron chi connectivity index (χ3n) is 4.97. The molecule has 8 heteroatoms. The van der Waals surface area contributed by atoms with Gasteiger partial charge in [0.25, 0.3) is 0 Å². The lowest BCUT2D eigenvalue weighted by Gasteiger charge is -2.13. The number of nitrogens with zero attached hydrogens (tertiary/aromatic N) is 4. The van der Waals surface area contributed by atoms with Crippen LogP contribution in [0.5, 0.6) is 0 Å². The van der Waals surface area contributed by atoms with Crippen LogP contribution in [0.4, 0.5) is 5.69 Å². The molecule has 0 saturated heterocycles. The Balaban J connectivity index is 1.39. The van der Waals surface area contributed by atoms with Gasteiger partial charge >= 0.3 is 0 Å². The van der Waals surface area contributed by atoms with E-state index in [1.807, 2.05) is 0 Å². The van der Waals surface area contributed by atoms with Gasteiger partial charge in [0.1, 0.15) is 6.54 Å². The Hall–Kier alpha value is -3.00. The molecule has 7 nitrogen and oxygen atoms in total. The molecule has 1 aromatic carbocycles. The summed E-state index contributed by atoms with van der Waals surface area (Å²) in [5.41, 5.74) is 12.9. The van der Waals surface area contributed by atoms with E-state index in [2.05, 4.69) is 81.4 Å². The maximum Gasteiger partial charge on any atom is 0.185 e. The molecule has 31 heavy (non-hydrogen) atoms. The molecule has 0 bridgehead atoms. The van der Waals surface area contributed by atoms with Crippen molar-refractivity contribution in [2.24, 2.45) is 21.5 Å². The fourth-order valence-electron chi connectivity index (χ4n) is 3.28. The number of nitrogens with two attached hydrogens (primary N) is 2. The van der Waals surface area contributed by atoms with Gasteiger partial charge in [-0.2, -0.15) is 0 Å². The number of hydrogen-bond donors (Lipinski definition) is 2. The van der Waals surface area contributed by atoms with Crippen molar-refractivity contribution >= 4 is 35.4 Å². The van der Waals surface area contributed by atoms with Crippen molar-refractivity contribution in [3.63, 3.8) is 0 Å². The summed E-state index contributed by atoms with van der Waals surface area (Å²) in [5, 5.41) is 12.9. The quantitative estimate of drug-likeness (QED) is 0.256. The molecule has 2 heterocycles. The highest BCUT2D eigenvalue weighted by Gasteiger charge is 2.21. The Morgan fingerprint density at radius 1 is 1.06 bits per heavy atom. The summed E-state index contributed by atoms with van der Waals surface area (Å²) in [4.78, 5) is 11.3. The predicted molar refractivity (Wildman–Crippen MR) is 127 cm³/mol. The van der Waals surface area contributed by atoms with Crippen LogP contribution in [-0.4, -0.2) is 32.0 Å². The van der Waals surface area contributed by atoms with E-state index in [0.29, 0.717) is 19.5 Å².